The Morgan fingerprint density at radius 3 is 2.70 bits per heavy atom. The van der Waals surface area contributed by atoms with Gasteiger partial charge in [0.1, 0.15) is 0 Å². The van der Waals surface area contributed by atoms with Gasteiger partial charge in [0.05, 0.1) is 5.69 Å². The maximum Gasteiger partial charge on any atom is 0.186 e. The molecule has 1 N–H and O–H groups in total. The summed E-state index contributed by atoms with van der Waals surface area (Å²) in [7, 11) is 0. The quantitative estimate of drug-likeness (QED) is 0.862. The standard InChI is InChI=1S/C16H27N3S/c1-4-13-9-6-11(3)19(13)16-18-15(12-7-8-12)14(20-16)10-17-5-2/h11-13,17H,4-10H2,1-3H3. The van der Waals surface area contributed by atoms with E-state index in [1.54, 1.807) is 0 Å². The molecule has 2 unspecified atom stereocenters. The predicted octanol–water partition coefficient (Wildman–Crippen LogP) is 3.90. The third-order valence-corrected chi connectivity index (χ3v) is 5.78. The molecule has 0 bridgehead atoms. The number of thiazole rings is 1. The molecule has 1 aliphatic heterocycles. The second-order valence-corrected chi connectivity index (χ2v) is 7.32. The Bertz CT molecular complexity index is 453. The number of hydrogen-bond donors (Lipinski definition) is 1. The monoisotopic (exact) mass is 293 g/mol. The second-order valence-electron chi connectivity index (χ2n) is 6.26. The molecule has 0 radical (unpaired) electrons. The van der Waals surface area contributed by atoms with Gasteiger partial charge < -0.3 is 10.2 Å². The molecule has 1 aromatic heterocycles. The van der Waals surface area contributed by atoms with Gasteiger partial charge in [0.15, 0.2) is 5.13 Å². The highest BCUT2D eigenvalue weighted by Crippen LogP contribution is 2.45. The van der Waals surface area contributed by atoms with Crippen LogP contribution in [0, 0.1) is 0 Å². The van der Waals surface area contributed by atoms with E-state index >= 15 is 0 Å². The van der Waals surface area contributed by atoms with Crippen LogP contribution in [0.1, 0.15) is 69.4 Å². The smallest absolute Gasteiger partial charge is 0.186 e. The topological polar surface area (TPSA) is 28.2 Å². The first kappa shape index (κ1) is 14.3. The van der Waals surface area contributed by atoms with E-state index in [9.17, 15) is 0 Å². The molecule has 0 amide bonds. The number of rotatable bonds is 6. The third-order valence-electron chi connectivity index (χ3n) is 4.69. The molecule has 1 aliphatic carbocycles. The Morgan fingerprint density at radius 1 is 1.25 bits per heavy atom. The van der Waals surface area contributed by atoms with Gasteiger partial charge in [-0.2, -0.15) is 0 Å². The summed E-state index contributed by atoms with van der Waals surface area (Å²) in [6, 6.07) is 1.36. The highest BCUT2D eigenvalue weighted by atomic mass is 32.1. The summed E-state index contributed by atoms with van der Waals surface area (Å²) < 4.78 is 0. The number of hydrogen-bond acceptors (Lipinski definition) is 4. The Labute approximate surface area is 126 Å². The molecule has 112 valence electrons. The molecule has 1 aromatic rings. The van der Waals surface area contributed by atoms with Crippen molar-refractivity contribution in [3.05, 3.63) is 10.6 Å². The van der Waals surface area contributed by atoms with E-state index in [1.165, 1.54) is 47.8 Å². The molecule has 0 spiro atoms. The van der Waals surface area contributed by atoms with E-state index in [0.717, 1.165) is 19.0 Å². The molecule has 2 heterocycles. The van der Waals surface area contributed by atoms with Gasteiger partial charge in [-0.25, -0.2) is 4.98 Å². The van der Waals surface area contributed by atoms with Crippen LogP contribution < -0.4 is 10.2 Å². The van der Waals surface area contributed by atoms with Gasteiger partial charge in [-0.15, -0.1) is 11.3 Å². The fourth-order valence-corrected chi connectivity index (χ4v) is 4.61. The molecule has 4 heteroatoms. The van der Waals surface area contributed by atoms with Crippen molar-refractivity contribution in [3.63, 3.8) is 0 Å². The first-order valence-corrected chi connectivity index (χ1v) is 9.04. The number of nitrogens with one attached hydrogen (secondary N) is 1. The van der Waals surface area contributed by atoms with Crippen LogP contribution in [-0.4, -0.2) is 23.6 Å². The average molecular weight is 293 g/mol. The summed E-state index contributed by atoms with van der Waals surface area (Å²) in [5.41, 5.74) is 1.40. The maximum absolute atomic E-state index is 5.06. The van der Waals surface area contributed by atoms with Crippen molar-refractivity contribution in [2.24, 2.45) is 0 Å². The van der Waals surface area contributed by atoms with Crippen LogP contribution in [0.25, 0.3) is 0 Å². The average Bonchev–Trinajstić information content (AvgIpc) is 3.11. The van der Waals surface area contributed by atoms with Crippen molar-refractivity contribution >= 4 is 16.5 Å². The molecular weight excluding hydrogens is 266 g/mol. The van der Waals surface area contributed by atoms with Crippen molar-refractivity contribution in [1.29, 1.82) is 0 Å². The van der Waals surface area contributed by atoms with Crippen molar-refractivity contribution in [1.82, 2.24) is 10.3 Å². The molecule has 1 saturated heterocycles. The van der Waals surface area contributed by atoms with Gasteiger partial charge in [0, 0.05) is 29.4 Å². The van der Waals surface area contributed by atoms with Gasteiger partial charge in [0.25, 0.3) is 0 Å². The van der Waals surface area contributed by atoms with E-state index in [4.69, 9.17) is 4.98 Å². The zero-order valence-corrected chi connectivity index (χ0v) is 13.8. The van der Waals surface area contributed by atoms with Crippen LogP contribution in [0.2, 0.25) is 0 Å². The van der Waals surface area contributed by atoms with Crippen molar-refractivity contribution in [2.45, 2.75) is 77.4 Å². The zero-order chi connectivity index (χ0) is 14.1. The van der Waals surface area contributed by atoms with Crippen molar-refractivity contribution in [3.8, 4) is 0 Å². The third kappa shape index (κ3) is 2.73. The number of anilines is 1. The largest absolute Gasteiger partial charge is 0.342 e. The van der Waals surface area contributed by atoms with Crippen LogP contribution >= 0.6 is 11.3 Å². The molecule has 2 atom stereocenters. The Balaban J connectivity index is 1.85. The summed E-state index contributed by atoms with van der Waals surface area (Å²) in [6.07, 6.45) is 6.58. The summed E-state index contributed by atoms with van der Waals surface area (Å²) in [4.78, 5) is 9.15. The Morgan fingerprint density at radius 2 is 2.05 bits per heavy atom. The Kier molecular flexibility index (Phi) is 4.32. The molecule has 3 nitrogen and oxygen atoms in total. The van der Waals surface area contributed by atoms with Gasteiger partial charge in [-0.3, -0.25) is 0 Å². The lowest BCUT2D eigenvalue weighted by Crippen LogP contribution is -2.33. The second kappa shape index (κ2) is 6.02. The van der Waals surface area contributed by atoms with Crippen molar-refractivity contribution < 1.29 is 0 Å². The molecule has 1 saturated carbocycles. The fraction of sp³-hybridized carbons (Fsp3) is 0.812. The lowest BCUT2D eigenvalue weighted by molar-refractivity contribution is 0.625. The predicted molar refractivity (Wildman–Crippen MR) is 86.7 cm³/mol. The van der Waals surface area contributed by atoms with E-state index in [2.05, 4.69) is 31.0 Å². The van der Waals surface area contributed by atoms with E-state index in [0.29, 0.717) is 12.1 Å². The van der Waals surface area contributed by atoms with Crippen LogP contribution in [0.5, 0.6) is 0 Å². The molecule has 2 fully saturated rings. The highest BCUT2D eigenvalue weighted by Gasteiger charge is 2.35. The van der Waals surface area contributed by atoms with Crippen LogP contribution in [0.3, 0.4) is 0 Å². The lowest BCUT2D eigenvalue weighted by atomic mass is 10.2. The summed E-state index contributed by atoms with van der Waals surface area (Å²) in [5.74, 6) is 0.756. The summed E-state index contributed by atoms with van der Waals surface area (Å²) >= 11 is 1.94. The Hall–Kier alpha value is -0.610. The lowest BCUT2D eigenvalue weighted by Gasteiger charge is -2.27. The molecule has 0 aromatic carbocycles. The minimum atomic E-state index is 0.658. The maximum atomic E-state index is 5.06. The van der Waals surface area contributed by atoms with Gasteiger partial charge >= 0.3 is 0 Å². The molecular formula is C16H27N3S. The summed E-state index contributed by atoms with van der Waals surface area (Å²) in [6.45, 7) is 8.88. The minimum Gasteiger partial charge on any atom is -0.342 e. The normalized spacial score (nSPS) is 26.4. The van der Waals surface area contributed by atoms with Crippen LogP contribution in [-0.2, 0) is 6.54 Å². The van der Waals surface area contributed by atoms with E-state index < -0.39 is 0 Å². The number of aromatic nitrogens is 1. The van der Waals surface area contributed by atoms with Gasteiger partial charge in [0.2, 0.25) is 0 Å². The summed E-state index contributed by atoms with van der Waals surface area (Å²) in [5, 5.41) is 4.77. The van der Waals surface area contributed by atoms with E-state index in [-0.39, 0.29) is 0 Å². The van der Waals surface area contributed by atoms with E-state index in [1.807, 2.05) is 11.3 Å². The first-order valence-electron chi connectivity index (χ1n) is 8.23. The van der Waals surface area contributed by atoms with Gasteiger partial charge in [-0.1, -0.05) is 13.8 Å². The van der Waals surface area contributed by atoms with Gasteiger partial charge in [-0.05, 0) is 45.6 Å². The SMILES string of the molecule is CCNCc1sc(N2C(C)CCC2CC)nc1C1CC1. The molecule has 2 aliphatic rings. The highest BCUT2D eigenvalue weighted by molar-refractivity contribution is 7.15. The first-order chi connectivity index (χ1) is 9.74. The van der Waals surface area contributed by atoms with Crippen LogP contribution in [0.15, 0.2) is 0 Å². The number of nitrogens with zero attached hydrogens (tertiary/aromatic N) is 2. The molecule has 3 rings (SSSR count). The fourth-order valence-electron chi connectivity index (χ4n) is 3.32. The minimum absolute atomic E-state index is 0.658. The van der Waals surface area contributed by atoms with Crippen LogP contribution in [0.4, 0.5) is 5.13 Å². The zero-order valence-electron chi connectivity index (χ0n) is 13.0. The van der Waals surface area contributed by atoms with Crippen molar-refractivity contribution in [2.75, 3.05) is 11.4 Å². The molecule has 20 heavy (non-hydrogen) atoms.